The van der Waals surface area contributed by atoms with Crippen molar-refractivity contribution in [3.8, 4) is 0 Å². The summed E-state index contributed by atoms with van der Waals surface area (Å²) in [5.41, 5.74) is 2.41. The van der Waals surface area contributed by atoms with Crippen LogP contribution in [0.5, 0.6) is 0 Å². The molecule has 3 heteroatoms. The molecule has 1 rings (SSSR count). The Morgan fingerprint density at radius 1 is 1.38 bits per heavy atom. The average Bonchev–Trinajstić information content (AvgIpc) is 2.30. The maximum absolute atomic E-state index is 5.11. The first-order chi connectivity index (χ1) is 7.86. The van der Waals surface area contributed by atoms with Gasteiger partial charge >= 0.3 is 0 Å². The molecule has 0 atom stereocenters. The third-order valence-corrected chi connectivity index (χ3v) is 3.22. The zero-order valence-electron chi connectivity index (χ0n) is 10.2. The van der Waals surface area contributed by atoms with Crippen LogP contribution in [0, 0.1) is 0 Å². The molecule has 0 saturated heterocycles. The molecule has 0 fully saturated rings. The van der Waals surface area contributed by atoms with Crippen molar-refractivity contribution >= 4 is 17.4 Å². The summed E-state index contributed by atoms with van der Waals surface area (Å²) in [4.78, 5) is 0. The van der Waals surface area contributed by atoms with Gasteiger partial charge in [-0.3, -0.25) is 0 Å². The molecule has 90 valence electrons. The fraction of sp³-hybridized carbons (Fsp3) is 0.538. The average molecular weight is 239 g/mol. The first kappa shape index (κ1) is 13.4. The number of thioether (sulfide) groups is 1. The van der Waals surface area contributed by atoms with Crippen LogP contribution in [0.15, 0.2) is 24.3 Å². The van der Waals surface area contributed by atoms with Crippen molar-refractivity contribution in [3.05, 3.63) is 29.8 Å². The molecule has 0 aliphatic rings. The van der Waals surface area contributed by atoms with Crippen molar-refractivity contribution in [2.24, 2.45) is 0 Å². The topological polar surface area (TPSA) is 21.3 Å². The quantitative estimate of drug-likeness (QED) is 0.703. The standard InChI is InChI=1S/C13H21NOS/c1-3-16-9-5-8-14-13-7-4-6-12(10-13)11-15-2/h4,6-7,10,14H,3,5,8-9,11H2,1-2H3. The van der Waals surface area contributed by atoms with E-state index in [2.05, 4.69) is 36.5 Å². The molecule has 0 radical (unpaired) electrons. The molecule has 0 aliphatic heterocycles. The summed E-state index contributed by atoms with van der Waals surface area (Å²) in [5, 5.41) is 3.43. The molecule has 1 aromatic rings. The van der Waals surface area contributed by atoms with Crippen LogP contribution in [-0.4, -0.2) is 25.2 Å². The highest BCUT2D eigenvalue weighted by atomic mass is 32.2. The number of hydrogen-bond acceptors (Lipinski definition) is 3. The van der Waals surface area contributed by atoms with E-state index >= 15 is 0 Å². The van der Waals surface area contributed by atoms with Gasteiger partial charge in [0.2, 0.25) is 0 Å². The van der Waals surface area contributed by atoms with Crippen LogP contribution in [0.25, 0.3) is 0 Å². The molecule has 0 bridgehead atoms. The summed E-state index contributed by atoms with van der Waals surface area (Å²) in [5.74, 6) is 2.45. The van der Waals surface area contributed by atoms with Crippen LogP contribution in [-0.2, 0) is 11.3 Å². The lowest BCUT2D eigenvalue weighted by molar-refractivity contribution is 0.185. The Balaban J connectivity index is 2.27. The highest BCUT2D eigenvalue weighted by Gasteiger charge is 1.95. The number of methoxy groups -OCH3 is 1. The Morgan fingerprint density at radius 3 is 3.00 bits per heavy atom. The van der Waals surface area contributed by atoms with Crippen LogP contribution in [0.3, 0.4) is 0 Å². The predicted octanol–water partition coefficient (Wildman–Crippen LogP) is 3.39. The summed E-state index contributed by atoms with van der Waals surface area (Å²) < 4.78 is 5.11. The minimum Gasteiger partial charge on any atom is -0.385 e. The predicted molar refractivity (Wildman–Crippen MR) is 73.3 cm³/mol. The van der Waals surface area contributed by atoms with Crippen LogP contribution in [0.1, 0.15) is 18.9 Å². The Bertz CT molecular complexity index is 291. The molecule has 16 heavy (non-hydrogen) atoms. The van der Waals surface area contributed by atoms with Gasteiger partial charge in [0, 0.05) is 19.3 Å². The van der Waals surface area contributed by atoms with E-state index in [4.69, 9.17) is 4.74 Å². The highest BCUT2D eigenvalue weighted by molar-refractivity contribution is 7.99. The zero-order chi connectivity index (χ0) is 11.6. The Kier molecular flexibility index (Phi) is 7.10. The van der Waals surface area contributed by atoms with Gasteiger partial charge in [-0.05, 0) is 35.6 Å². The van der Waals surface area contributed by atoms with Gasteiger partial charge in [0.15, 0.2) is 0 Å². The van der Waals surface area contributed by atoms with E-state index in [1.807, 2.05) is 11.8 Å². The van der Waals surface area contributed by atoms with Crippen molar-refractivity contribution in [2.75, 3.05) is 30.5 Å². The summed E-state index contributed by atoms with van der Waals surface area (Å²) in [6.45, 7) is 3.93. The van der Waals surface area contributed by atoms with E-state index < -0.39 is 0 Å². The molecule has 1 aromatic carbocycles. The molecule has 0 aliphatic carbocycles. The first-order valence-electron chi connectivity index (χ1n) is 5.76. The molecular formula is C13H21NOS. The van der Waals surface area contributed by atoms with E-state index in [0.29, 0.717) is 6.61 Å². The van der Waals surface area contributed by atoms with Gasteiger partial charge in [0.05, 0.1) is 6.61 Å². The number of nitrogens with one attached hydrogen (secondary N) is 1. The van der Waals surface area contributed by atoms with E-state index in [1.54, 1.807) is 7.11 Å². The van der Waals surface area contributed by atoms with Gasteiger partial charge in [-0.2, -0.15) is 11.8 Å². The molecular weight excluding hydrogens is 218 g/mol. The molecule has 0 unspecified atom stereocenters. The van der Waals surface area contributed by atoms with Gasteiger partial charge in [0.1, 0.15) is 0 Å². The molecule has 1 N–H and O–H groups in total. The second-order valence-corrected chi connectivity index (χ2v) is 5.00. The van der Waals surface area contributed by atoms with Crippen molar-refractivity contribution < 1.29 is 4.74 Å². The van der Waals surface area contributed by atoms with Crippen molar-refractivity contribution in [2.45, 2.75) is 20.0 Å². The van der Waals surface area contributed by atoms with Gasteiger partial charge in [0.25, 0.3) is 0 Å². The number of ether oxygens (including phenoxy) is 1. The third kappa shape index (κ3) is 5.42. The molecule has 0 saturated carbocycles. The summed E-state index contributed by atoms with van der Waals surface area (Å²) in [6.07, 6.45) is 1.22. The van der Waals surface area contributed by atoms with Gasteiger partial charge < -0.3 is 10.1 Å². The number of hydrogen-bond donors (Lipinski definition) is 1. The maximum Gasteiger partial charge on any atom is 0.0713 e. The third-order valence-electron chi connectivity index (χ3n) is 2.24. The number of rotatable bonds is 8. The monoisotopic (exact) mass is 239 g/mol. The van der Waals surface area contributed by atoms with Crippen molar-refractivity contribution in [3.63, 3.8) is 0 Å². The zero-order valence-corrected chi connectivity index (χ0v) is 11.0. The molecule has 0 aromatic heterocycles. The van der Waals surface area contributed by atoms with Crippen LogP contribution in [0.4, 0.5) is 5.69 Å². The second-order valence-electron chi connectivity index (χ2n) is 3.61. The number of anilines is 1. The van der Waals surface area contributed by atoms with Gasteiger partial charge in [-0.15, -0.1) is 0 Å². The maximum atomic E-state index is 5.11. The lowest BCUT2D eigenvalue weighted by Crippen LogP contribution is -2.03. The molecule has 0 heterocycles. The Labute approximate surface area is 103 Å². The van der Waals surface area contributed by atoms with E-state index in [1.165, 1.54) is 29.2 Å². The highest BCUT2D eigenvalue weighted by Crippen LogP contribution is 2.11. The van der Waals surface area contributed by atoms with Crippen molar-refractivity contribution in [1.82, 2.24) is 0 Å². The van der Waals surface area contributed by atoms with Gasteiger partial charge in [-0.1, -0.05) is 19.1 Å². The Hall–Kier alpha value is -0.670. The van der Waals surface area contributed by atoms with E-state index in [-0.39, 0.29) is 0 Å². The summed E-state index contributed by atoms with van der Waals surface area (Å²) >= 11 is 1.99. The lowest BCUT2D eigenvalue weighted by Gasteiger charge is -2.07. The van der Waals surface area contributed by atoms with Crippen LogP contribution in [0.2, 0.25) is 0 Å². The SMILES string of the molecule is CCSCCCNc1cccc(COC)c1. The van der Waals surface area contributed by atoms with E-state index in [9.17, 15) is 0 Å². The smallest absolute Gasteiger partial charge is 0.0713 e. The fourth-order valence-corrected chi connectivity index (χ4v) is 2.13. The normalized spacial score (nSPS) is 10.4. The first-order valence-corrected chi connectivity index (χ1v) is 6.91. The molecule has 2 nitrogen and oxygen atoms in total. The molecule has 0 amide bonds. The fourth-order valence-electron chi connectivity index (χ4n) is 1.49. The lowest BCUT2D eigenvalue weighted by atomic mass is 10.2. The largest absolute Gasteiger partial charge is 0.385 e. The number of benzene rings is 1. The molecule has 0 spiro atoms. The minimum absolute atomic E-state index is 0.682. The Morgan fingerprint density at radius 2 is 2.25 bits per heavy atom. The second kappa shape index (κ2) is 8.48. The van der Waals surface area contributed by atoms with Crippen LogP contribution >= 0.6 is 11.8 Å². The minimum atomic E-state index is 0.682. The van der Waals surface area contributed by atoms with Crippen molar-refractivity contribution in [1.29, 1.82) is 0 Å². The van der Waals surface area contributed by atoms with E-state index in [0.717, 1.165) is 6.54 Å². The summed E-state index contributed by atoms with van der Waals surface area (Å²) in [7, 11) is 1.72. The van der Waals surface area contributed by atoms with Gasteiger partial charge in [-0.25, -0.2) is 0 Å². The van der Waals surface area contributed by atoms with Crippen LogP contribution < -0.4 is 5.32 Å². The summed E-state index contributed by atoms with van der Waals surface area (Å²) in [6, 6.07) is 8.40.